The van der Waals surface area contributed by atoms with Gasteiger partial charge in [-0.15, -0.1) is 0 Å². The van der Waals surface area contributed by atoms with E-state index in [1.165, 1.54) is 18.2 Å². The Kier molecular flexibility index (Phi) is 3.57. The molecule has 1 aromatic carbocycles. The number of nitrogens with zero attached hydrogens (tertiary/aromatic N) is 2. The number of hydrogen-bond donors (Lipinski definition) is 0. The highest BCUT2D eigenvalue weighted by Gasteiger charge is 2.15. The molecule has 0 aliphatic rings. The van der Waals surface area contributed by atoms with Gasteiger partial charge in [-0.3, -0.25) is 0 Å². The van der Waals surface area contributed by atoms with Gasteiger partial charge in [0.05, 0.1) is 12.2 Å². The summed E-state index contributed by atoms with van der Waals surface area (Å²) in [6, 6.07) is 7.07. The molecule has 5 nitrogen and oxygen atoms in total. The molecular formula is C13H9FN2O3. The average molecular weight is 260 g/mol. The van der Waals surface area contributed by atoms with Crippen LogP contribution in [0.1, 0.15) is 23.0 Å². The summed E-state index contributed by atoms with van der Waals surface area (Å²) in [5.74, 6) is -1.04. The van der Waals surface area contributed by atoms with E-state index >= 15 is 0 Å². The maximum absolute atomic E-state index is 13.4. The van der Waals surface area contributed by atoms with Crippen molar-refractivity contribution in [1.82, 2.24) is 5.16 Å². The number of rotatable bonds is 3. The Hall–Kier alpha value is -2.68. The van der Waals surface area contributed by atoms with E-state index in [0.29, 0.717) is 5.56 Å². The molecule has 0 aliphatic heterocycles. The number of hydrogen-bond acceptors (Lipinski definition) is 5. The van der Waals surface area contributed by atoms with Crippen molar-refractivity contribution in [1.29, 1.82) is 5.26 Å². The number of aromatic nitrogens is 1. The monoisotopic (exact) mass is 260 g/mol. The number of halogens is 1. The Labute approximate surface area is 108 Å². The third-order valence-electron chi connectivity index (χ3n) is 2.37. The molecule has 0 fully saturated rings. The molecule has 2 rings (SSSR count). The fourth-order valence-electron chi connectivity index (χ4n) is 1.47. The van der Waals surface area contributed by atoms with Gasteiger partial charge in [0.1, 0.15) is 11.9 Å². The van der Waals surface area contributed by atoms with E-state index in [-0.39, 0.29) is 23.6 Å². The van der Waals surface area contributed by atoms with Gasteiger partial charge in [0.25, 0.3) is 0 Å². The van der Waals surface area contributed by atoms with Crippen LogP contribution in [0.2, 0.25) is 0 Å². The summed E-state index contributed by atoms with van der Waals surface area (Å²) in [6.45, 7) is 1.90. The fraction of sp³-hybridized carbons (Fsp3) is 0.154. The molecule has 0 atom stereocenters. The van der Waals surface area contributed by atoms with Crippen molar-refractivity contribution in [2.75, 3.05) is 6.61 Å². The largest absolute Gasteiger partial charge is 0.461 e. The minimum absolute atomic E-state index is 0.0154. The summed E-state index contributed by atoms with van der Waals surface area (Å²) in [5.41, 5.74) is 0.343. The van der Waals surface area contributed by atoms with Crippen LogP contribution in [-0.4, -0.2) is 17.7 Å². The summed E-state index contributed by atoms with van der Waals surface area (Å²) in [6.07, 6.45) is 0. The predicted octanol–water partition coefficient (Wildman–Crippen LogP) is 2.53. The first-order valence-corrected chi connectivity index (χ1v) is 5.49. The maximum atomic E-state index is 13.4. The lowest BCUT2D eigenvalue weighted by Gasteiger charge is -1.97. The van der Waals surface area contributed by atoms with Crippen molar-refractivity contribution in [2.45, 2.75) is 6.92 Å². The summed E-state index contributed by atoms with van der Waals surface area (Å²) >= 11 is 0. The van der Waals surface area contributed by atoms with E-state index in [9.17, 15) is 9.18 Å². The highest BCUT2D eigenvalue weighted by molar-refractivity contribution is 5.88. The molecule has 2 aromatic rings. The van der Waals surface area contributed by atoms with Crippen LogP contribution in [0.5, 0.6) is 0 Å². The van der Waals surface area contributed by atoms with Crippen LogP contribution >= 0.6 is 0 Å². The Morgan fingerprint density at radius 3 is 2.95 bits per heavy atom. The van der Waals surface area contributed by atoms with Gasteiger partial charge >= 0.3 is 5.97 Å². The van der Waals surface area contributed by atoms with Gasteiger partial charge < -0.3 is 9.26 Å². The quantitative estimate of drug-likeness (QED) is 0.792. The van der Waals surface area contributed by atoms with Gasteiger partial charge in [-0.2, -0.15) is 5.26 Å². The Balaban J connectivity index is 2.31. The van der Waals surface area contributed by atoms with Gasteiger partial charge in [0.2, 0.25) is 0 Å². The smallest absolute Gasteiger partial charge is 0.360 e. The van der Waals surface area contributed by atoms with Crippen LogP contribution in [0.15, 0.2) is 28.8 Å². The molecule has 0 aliphatic carbocycles. The minimum Gasteiger partial charge on any atom is -0.461 e. The molecule has 6 heteroatoms. The summed E-state index contributed by atoms with van der Waals surface area (Å²) in [4.78, 5) is 11.4. The van der Waals surface area contributed by atoms with Gasteiger partial charge in [-0.25, -0.2) is 9.18 Å². The van der Waals surface area contributed by atoms with Crippen LogP contribution < -0.4 is 0 Å². The van der Waals surface area contributed by atoms with Crippen LogP contribution in [0.4, 0.5) is 4.39 Å². The molecule has 0 radical (unpaired) electrons. The second kappa shape index (κ2) is 5.31. The molecule has 0 unspecified atom stereocenters. The summed E-state index contributed by atoms with van der Waals surface area (Å²) in [5, 5.41) is 12.2. The van der Waals surface area contributed by atoms with Crippen LogP contribution in [0.3, 0.4) is 0 Å². The molecular weight excluding hydrogens is 251 g/mol. The van der Waals surface area contributed by atoms with Crippen LogP contribution in [-0.2, 0) is 4.74 Å². The first-order chi connectivity index (χ1) is 9.15. The third-order valence-corrected chi connectivity index (χ3v) is 2.37. The zero-order chi connectivity index (χ0) is 13.8. The molecule has 0 N–H and O–H groups in total. The molecule has 1 aromatic heterocycles. The van der Waals surface area contributed by atoms with Gasteiger partial charge in [-0.1, -0.05) is 5.16 Å². The minimum atomic E-state index is -0.658. The maximum Gasteiger partial charge on any atom is 0.360 e. The van der Waals surface area contributed by atoms with Crippen molar-refractivity contribution in [3.8, 4) is 17.4 Å². The Morgan fingerprint density at radius 2 is 2.32 bits per heavy atom. The van der Waals surface area contributed by atoms with E-state index in [1.807, 2.05) is 0 Å². The number of benzene rings is 1. The van der Waals surface area contributed by atoms with Gasteiger partial charge in [-0.05, 0) is 25.1 Å². The second-order valence-corrected chi connectivity index (χ2v) is 3.60. The van der Waals surface area contributed by atoms with Crippen LogP contribution in [0.25, 0.3) is 11.3 Å². The van der Waals surface area contributed by atoms with E-state index in [0.717, 1.165) is 6.07 Å². The highest BCUT2D eigenvalue weighted by Crippen LogP contribution is 2.22. The third kappa shape index (κ3) is 2.60. The first kappa shape index (κ1) is 12.8. The fourth-order valence-corrected chi connectivity index (χ4v) is 1.47. The second-order valence-electron chi connectivity index (χ2n) is 3.60. The SMILES string of the molecule is CCOC(=O)c1cc(-c2ccc(C#N)c(F)c2)on1. The van der Waals surface area contributed by atoms with E-state index in [1.54, 1.807) is 13.0 Å². The first-order valence-electron chi connectivity index (χ1n) is 5.49. The molecule has 0 saturated heterocycles. The van der Waals surface area contributed by atoms with Crippen molar-refractivity contribution < 1.29 is 18.4 Å². The van der Waals surface area contributed by atoms with E-state index in [4.69, 9.17) is 14.5 Å². The topological polar surface area (TPSA) is 76.1 Å². The lowest BCUT2D eigenvalue weighted by molar-refractivity contribution is 0.0514. The van der Waals surface area contributed by atoms with Crippen LogP contribution in [0, 0.1) is 17.1 Å². The standard InChI is InChI=1S/C13H9FN2O3/c1-2-18-13(17)11-6-12(19-16-11)8-3-4-9(7-15)10(14)5-8/h3-6H,2H2,1H3. The lowest BCUT2D eigenvalue weighted by Crippen LogP contribution is -2.04. The van der Waals surface area contributed by atoms with E-state index < -0.39 is 11.8 Å². The normalized spacial score (nSPS) is 9.95. The number of esters is 1. The molecule has 96 valence electrons. The molecule has 0 bridgehead atoms. The molecule has 0 spiro atoms. The number of carbonyl (C=O) groups excluding carboxylic acids is 1. The number of carbonyl (C=O) groups is 1. The average Bonchev–Trinajstić information content (AvgIpc) is 2.88. The van der Waals surface area contributed by atoms with Gasteiger partial charge in [0.15, 0.2) is 11.5 Å². The zero-order valence-corrected chi connectivity index (χ0v) is 10.0. The van der Waals surface area contributed by atoms with Gasteiger partial charge in [0, 0.05) is 11.6 Å². The zero-order valence-electron chi connectivity index (χ0n) is 10.0. The summed E-state index contributed by atoms with van der Waals surface area (Å²) in [7, 11) is 0. The molecule has 1 heterocycles. The van der Waals surface area contributed by atoms with Crippen molar-refractivity contribution in [3.63, 3.8) is 0 Å². The Bertz CT molecular complexity index is 658. The highest BCUT2D eigenvalue weighted by atomic mass is 19.1. The van der Waals surface area contributed by atoms with Crippen molar-refractivity contribution in [3.05, 3.63) is 41.3 Å². The van der Waals surface area contributed by atoms with Crippen molar-refractivity contribution in [2.24, 2.45) is 0 Å². The molecule has 0 amide bonds. The number of ether oxygens (including phenoxy) is 1. The Morgan fingerprint density at radius 1 is 1.53 bits per heavy atom. The van der Waals surface area contributed by atoms with E-state index in [2.05, 4.69) is 5.16 Å². The molecule has 19 heavy (non-hydrogen) atoms. The number of nitriles is 1. The predicted molar refractivity (Wildman–Crippen MR) is 62.6 cm³/mol. The summed E-state index contributed by atoms with van der Waals surface area (Å²) < 4.78 is 23.2. The lowest BCUT2D eigenvalue weighted by atomic mass is 10.1. The van der Waals surface area contributed by atoms with Crippen molar-refractivity contribution >= 4 is 5.97 Å². The molecule has 0 saturated carbocycles.